The van der Waals surface area contributed by atoms with E-state index in [2.05, 4.69) is 50.4 Å². The Morgan fingerprint density at radius 1 is 1.38 bits per heavy atom. The van der Waals surface area contributed by atoms with Gasteiger partial charge in [0.2, 0.25) is 0 Å². The molecular weight excluding hydrogens is 340 g/mol. The van der Waals surface area contributed by atoms with Crippen LogP contribution in [0.1, 0.15) is 40.0 Å². The maximum Gasteiger partial charge on any atom is 0.306 e. The monoisotopic (exact) mass is 368 g/mol. The Morgan fingerprint density at radius 2 is 2.04 bits per heavy atom. The molecule has 1 aliphatic carbocycles. The first-order valence-corrected chi connectivity index (χ1v) is 12.0. The van der Waals surface area contributed by atoms with Crippen LogP contribution in [0.25, 0.3) is 0 Å². The zero-order valence-corrected chi connectivity index (χ0v) is 17.3. The number of Topliss-reactive ketones (excluding diaryl/α,β-unsaturated/α-hetero) is 1. The molecule has 0 spiro atoms. The van der Waals surface area contributed by atoms with Crippen molar-refractivity contribution in [1.29, 1.82) is 0 Å². The number of hydrogen-bond donors (Lipinski definition) is 0. The first kappa shape index (κ1) is 21.0. The van der Waals surface area contributed by atoms with Gasteiger partial charge in [0, 0.05) is 17.7 Å². The lowest BCUT2D eigenvalue weighted by Gasteiger charge is -2.37. The smallest absolute Gasteiger partial charge is 0.306 e. The first-order chi connectivity index (χ1) is 11.1. The normalized spacial score (nSPS) is 18.0. The highest BCUT2D eigenvalue weighted by molar-refractivity contribution is 8.04. The fourth-order valence-corrected chi connectivity index (χ4v) is 3.97. The van der Waals surface area contributed by atoms with Crippen LogP contribution < -0.4 is 0 Å². The van der Waals surface area contributed by atoms with Crippen molar-refractivity contribution in [1.82, 2.24) is 0 Å². The van der Waals surface area contributed by atoms with Gasteiger partial charge in [0.1, 0.15) is 0 Å². The summed E-state index contributed by atoms with van der Waals surface area (Å²) in [5.41, 5.74) is 0. The number of ketones is 1. The largest absolute Gasteiger partial charge is 0.469 e. The zero-order chi connectivity index (χ0) is 18.4. The van der Waals surface area contributed by atoms with Gasteiger partial charge < -0.3 is 9.16 Å². The summed E-state index contributed by atoms with van der Waals surface area (Å²) in [4.78, 5) is 23.8. The molecule has 1 aliphatic rings. The summed E-state index contributed by atoms with van der Waals surface area (Å²) in [6, 6.07) is 0. The molecule has 0 radical (unpaired) electrons. The Balaban J connectivity index is 2.48. The highest BCUT2D eigenvalue weighted by atomic mass is 32.2. The van der Waals surface area contributed by atoms with Gasteiger partial charge in [0.15, 0.2) is 14.1 Å². The van der Waals surface area contributed by atoms with Crippen molar-refractivity contribution in [3.63, 3.8) is 0 Å². The lowest BCUT2D eigenvalue weighted by Crippen LogP contribution is -2.43. The molecule has 0 aromatic heterocycles. The predicted molar refractivity (Wildman–Crippen MR) is 101 cm³/mol. The minimum atomic E-state index is -1.87. The van der Waals surface area contributed by atoms with Crippen LogP contribution in [-0.4, -0.2) is 39.0 Å². The maximum absolute atomic E-state index is 12.1. The average Bonchev–Trinajstić information content (AvgIpc) is 2.80. The second kappa shape index (κ2) is 8.89. The lowest BCUT2D eigenvalue weighted by atomic mass is 10.2. The molecule has 4 nitrogen and oxygen atoms in total. The Hall–Kier alpha value is -1.03. The van der Waals surface area contributed by atoms with E-state index in [9.17, 15) is 9.59 Å². The quantitative estimate of drug-likeness (QED) is 0.404. The van der Waals surface area contributed by atoms with Gasteiger partial charge in [0.25, 0.3) is 0 Å². The number of carbonyl (C=O) groups excluding carboxylic acids is 2. The van der Waals surface area contributed by atoms with Crippen molar-refractivity contribution < 1.29 is 18.8 Å². The van der Waals surface area contributed by atoms with Gasteiger partial charge in [-0.2, -0.15) is 0 Å². The number of methoxy groups -OCH3 is 1. The van der Waals surface area contributed by atoms with Gasteiger partial charge in [-0.15, -0.1) is 17.7 Å². The Labute approximate surface area is 150 Å². The number of hydrogen-bond acceptors (Lipinski definition) is 5. The second-order valence-electron chi connectivity index (χ2n) is 7.29. The Kier molecular flexibility index (Phi) is 7.78. The summed E-state index contributed by atoms with van der Waals surface area (Å²) in [5, 5.41) is 0.130. The molecule has 0 saturated heterocycles. The number of carbonyl (C=O) groups is 2. The van der Waals surface area contributed by atoms with E-state index >= 15 is 0 Å². The maximum atomic E-state index is 12.1. The molecular formula is C18H28O4SSi. The molecule has 0 saturated carbocycles. The SMILES string of the molecule is COC(=O)CCC#CCSC1=C[C@H](O[Si](C)(C)C(C)(C)C)CC1=O. The summed E-state index contributed by atoms with van der Waals surface area (Å²) in [6.45, 7) is 11.0. The fourth-order valence-electron chi connectivity index (χ4n) is 1.88. The number of esters is 1. The van der Waals surface area contributed by atoms with Crippen LogP contribution in [0.3, 0.4) is 0 Å². The minimum Gasteiger partial charge on any atom is -0.469 e. The van der Waals surface area contributed by atoms with Gasteiger partial charge in [0.05, 0.1) is 25.4 Å². The minimum absolute atomic E-state index is 0.104. The number of rotatable bonds is 6. The second-order valence-corrected chi connectivity index (χ2v) is 13.1. The van der Waals surface area contributed by atoms with Crippen molar-refractivity contribution in [2.24, 2.45) is 0 Å². The molecule has 0 fully saturated rings. The van der Waals surface area contributed by atoms with Crippen LogP contribution in [0.4, 0.5) is 0 Å². The van der Waals surface area contributed by atoms with Crippen LogP contribution in [0, 0.1) is 11.8 Å². The highest BCUT2D eigenvalue weighted by Gasteiger charge is 2.40. The van der Waals surface area contributed by atoms with Gasteiger partial charge in [-0.25, -0.2) is 0 Å². The first-order valence-electron chi connectivity index (χ1n) is 8.15. The van der Waals surface area contributed by atoms with Gasteiger partial charge in [-0.3, -0.25) is 9.59 Å². The van der Waals surface area contributed by atoms with Crippen molar-refractivity contribution >= 4 is 31.8 Å². The molecule has 0 heterocycles. The third-order valence-electron chi connectivity index (χ3n) is 4.36. The average molecular weight is 369 g/mol. The molecule has 134 valence electrons. The third kappa shape index (κ3) is 6.46. The predicted octanol–water partition coefficient (Wildman–Crippen LogP) is 3.92. The molecule has 1 atom stereocenters. The highest BCUT2D eigenvalue weighted by Crippen LogP contribution is 2.39. The summed E-state index contributed by atoms with van der Waals surface area (Å²) < 4.78 is 10.8. The number of ether oxygens (including phenoxy) is 1. The van der Waals surface area contributed by atoms with E-state index in [0.29, 0.717) is 25.0 Å². The summed E-state index contributed by atoms with van der Waals surface area (Å²) >= 11 is 1.45. The van der Waals surface area contributed by atoms with E-state index in [4.69, 9.17) is 4.43 Å². The molecule has 1 rings (SSSR count). The molecule has 0 aromatic carbocycles. The van der Waals surface area contributed by atoms with E-state index in [0.717, 1.165) is 4.91 Å². The number of thioether (sulfide) groups is 1. The molecule has 0 amide bonds. The van der Waals surface area contributed by atoms with Gasteiger partial charge in [-0.1, -0.05) is 26.7 Å². The summed E-state index contributed by atoms with van der Waals surface area (Å²) in [6.07, 6.45) is 3.07. The molecule has 0 N–H and O–H groups in total. The fraction of sp³-hybridized carbons (Fsp3) is 0.667. The topological polar surface area (TPSA) is 52.6 Å². The Morgan fingerprint density at radius 3 is 2.62 bits per heavy atom. The van der Waals surface area contributed by atoms with Gasteiger partial charge >= 0.3 is 5.97 Å². The summed E-state index contributed by atoms with van der Waals surface area (Å²) in [5.74, 6) is 6.34. The molecule has 6 heteroatoms. The van der Waals surface area contributed by atoms with E-state index in [1.807, 2.05) is 6.08 Å². The third-order valence-corrected chi connectivity index (χ3v) is 9.83. The Bertz CT molecular complexity index is 564. The molecule has 0 unspecified atom stereocenters. The van der Waals surface area contributed by atoms with Crippen LogP contribution in [0.2, 0.25) is 18.1 Å². The molecule has 0 aromatic rings. The van der Waals surface area contributed by atoms with Gasteiger partial charge in [-0.05, 0) is 24.2 Å². The van der Waals surface area contributed by atoms with Crippen molar-refractivity contribution in [2.75, 3.05) is 12.9 Å². The van der Waals surface area contributed by atoms with Crippen LogP contribution in [0.5, 0.6) is 0 Å². The van der Waals surface area contributed by atoms with Crippen LogP contribution in [-0.2, 0) is 18.8 Å². The van der Waals surface area contributed by atoms with Crippen LogP contribution in [0.15, 0.2) is 11.0 Å². The van der Waals surface area contributed by atoms with E-state index in [1.54, 1.807) is 0 Å². The van der Waals surface area contributed by atoms with E-state index < -0.39 is 8.32 Å². The zero-order valence-electron chi connectivity index (χ0n) is 15.5. The van der Waals surface area contributed by atoms with Crippen molar-refractivity contribution in [3.05, 3.63) is 11.0 Å². The van der Waals surface area contributed by atoms with Crippen molar-refractivity contribution in [2.45, 2.75) is 64.3 Å². The lowest BCUT2D eigenvalue weighted by molar-refractivity contribution is -0.140. The van der Waals surface area contributed by atoms with Crippen molar-refractivity contribution in [3.8, 4) is 11.8 Å². The number of allylic oxidation sites excluding steroid dienone is 1. The standard InChI is InChI=1S/C18H28O4SSi/c1-18(2,3)24(5,6)22-14-12-15(19)16(13-14)23-11-9-7-8-10-17(20)21-4/h13-14H,8,10-12H2,1-6H3/t14-/m1/s1. The van der Waals surface area contributed by atoms with Crippen LogP contribution >= 0.6 is 11.8 Å². The van der Waals surface area contributed by atoms with E-state index in [1.165, 1.54) is 18.9 Å². The summed E-state index contributed by atoms with van der Waals surface area (Å²) in [7, 11) is -0.503. The molecule has 0 bridgehead atoms. The van der Waals surface area contributed by atoms with E-state index in [-0.39, 0.29) is 22.9 Å². The molecule has 0 aliphatic heterocycles. The molecule has 24 heavy (non-hydrogen) atoms.